The number of fused-ring (bicyclic) bond motifs is 1. The third-order valence-corrected chi connectivity index (χ3v) is 6.55. The molecule has 0 aliphatic heterocycles. The molecule has 166 valence electrons. The molecule has 9 heteroatoms. The molecule has 0 fully saturated rings. The van der Waals surface area contributed by atoms with E-state index in [-0.39, 0.29) is 17.1 Å². The summed E-state index contributed by atoms with van der Waals surface area (Å²) in [6.07, 6.45) is 0. The summed E-state index contributed by atoms with van der Waals surface area (Å²) in [7, 11) is 1.61. The first kappa shape index (κ1) is 22.4. The fraction of sp³-hybridized carbons (Fsp3) is 0.261. The first-order valence-corrected chi connectivity index (χ1v) is 11.5. The first-order valence-electron chi connectivity index (χ1n) is 10.1. The summed E-state index contributed by atoms with van der Waals surface area (Å²) in [5, 5.41) is 5.29. The molecular weight excluding hydrogens is 451 g/mol. The lowest BCUT2D eigenvalue weighted by Crippen LogP contribution is -2.25. The van der Waals surface area contributed by atoms with Crippen molar-refractivity contribution in [3.8, 4) is 5.75 Å². The van der Waals surface area contributed by atoms with E-state index in [0.29, 0.717) is 45.6 Å². The lowest BCUT2D eigenvalue weighted by molar-refractivity contribution is 0.414. The van der Waals surface area contributed by atoms with Gasteiger partial charge in [0.2, 0.25) is 0 Å². The molecule has 32 heavy (non-hydrogen) atoms. The van der Waals surface area contributed by atoms with Crippen LogP contribution in [0.5, 0.6) is 5.75 Å². The average Bonchev–Trinajstić information content (AvgIpc) is 3.12. The monoisotopic (exact) mass is 472 g/mol. The lowest BCUT2D eigenvalue weighted by atomic mass is 10.2. The standard InChI is InChI=1S/C23H22ClFN4O2S/c1-4-29-21-20(14(2)27-29)26-23(32-13-17-18(24)6-5-7-19(17)25)28(22(21)30)12-15-8-10-16(31-3)11-9-15/h5-11H,4,12-13H2,1-3H3. The summed E-state index contributed by atoms with van der Waals surface area (Å²) in [5.41, 5.74) is 2.82. The number of nitrogens with zero attached hydrogens (tertiary/aromatic N) is 4. The van der Waals surface area contributed by atoms with Gasteiger partial charge < -0.3 is 4.74 Å². The molecule has 2 aromatic carbocycles. The minimum atomic E-state index is -0.384. The van der Waals surface area contributed by atoms with Gasteiger partial charge >= 0.3 is 0 Å². The van der Waals surface area contributed by atoms with Crippen molar-refractivity contribution in [2.45, 2.75) is 37.8 Å². The zero-order chi connectivity index (χ0) is 22.8. The number of halogens is 2. The Hall–Kier alpha value is -2.84. The second-order valence-electron chi connectivity index (χ2n) is 7.22. The fourth-order valence-electron chi connectivity index (χ4n) is 3.49. The first-order chi connectivity index (χ1) is 15.4. The maximum atomic E-state index is 14.3. The van der Waals surface area contributed by atoms with E-state index in [4.69, 9.17) is 21.3 Å². The second-order valence-corrected chi connectivity index (χ2v) is 8.57. The van der Waals surface area contributed by atoms with Gasteiger partial charge in [-0.25, -0.2) is 9.37 Å². The SMILES string of the molecule is CCn1nc(C)c2nc(SCc3c(F)cccc3Cl)n(Cc3ccc(OC)cc3)c(=O)c21. The van der Waals surface area contributed by atoms with Crippen LogP contribution < -0.4 is 10.3 Å². The zero-order valence-corrected chi connectivity index (χ0v) is 19.5. The molecule has 0 saturated carbocycles. The van der Waals surface area contributed by atoms with Gasteiger partial charge in [-0.2, -0.15) is 5.10 Å². The molecule has 0 N–H and O–H groups in total. The number of thioether (sulfide) groups is 1. The molecule has 0 aliphatic carbocycles. The van der Waals surface area contributed by atoms with Crippen LogP contribution in [0.2, 0.25) is 5.02 Å². The van der Waals surface area contributed by atoms with Gasteiger partial charge in [0.1, 0.15) is 17.1 Å². The predicted octanol–water partition coefficient (Wildman–Crippen LogP) is 5.06. The number of aryl methyl sites for hydroxylation is 2. The summed E-state index contributed by atoms with van der Waals surface area (Å²) >= 11 is 7.48. The van der Waals surface area contributed by atoms with E-state index >= 15 is 0 Å². The number of aromatic nitrogens is 4. The van der Waals surface area contributed by atoms with Crippen LogP contribution >= 0.6 is 23.4 Å². The van der Waals surface area contributed by atoms with Gasteiger partial charge in [-0.3, -0.25) is 14.0 Å². The van der Waals surface area contributed by atoms with Crippen molar-refractivity contribution in [1.29, 1.82) is 0 Å². The molecule has 0 aliphatic rings. The predicted molar refractivity (Wildman–Crippen MR) is 125 cm³/mol. The summed E-state index contributed by atoms with van der Waals surface area (Å²) in [6.45, 7) is 4.63. The normalized spacial score (nSPS) is 11.3. The zero-order valence-electron chi connectivity index (χ0n) is 17.9. The van der Waals surface area contributed by atoms with Gasteiger partial charge in [-0.05, 0) is 43.7 Å². The molecule has 0 amide bonds. The van der Waals surface area contributed by atoms with Gasteiger partial charge in [0.15, 0.2) is 10.7 Å². The van der Waals surface area contributed by atoms with Gasteiger partial charge in [-0.15, -0.1) is 0 Å². The highest BCUT2D eigenvalue weighted by Gasteiger charge is 2.19. The van der Waals surface area contributed by atoms with E-state index in [0.717, 1.165) is 11.3 Å². The van der Waals surface area contributed by atoms with Crippen LogP contribution in [-0.2, 0) is 18.8 Å². The molecule has 0 spiro atoms. The summed E-state index contributed by atoms with van der Waals surface area (Å²) in [4.78, 5) is 18.3. The third-order valence-electron chi connectivity index (χ3n) is 5.19. The Balaban J connectivity index is 1.80. The van der Waals surface area contributed by atoms with Crippen molar-refractivity contribution in [3.05, 3.63) is 80.5 Å². The smallest absolute Gasteiger partial charge is 0.280 e. The summed E-state index contributed by atoms with van der Waals surface area (Å²) in [5.74, 6) is 0.593. The number of hydrogen-bond donors (Lipinski definition) is 0. The number of methoxy groups -OCH3 is 1. The Morgan fingerprint density at radius 2 is 1.94 bits per heavy atom. The molecule has 0 unspecified atom stereocenters. The Labute approximate surface area is 194 Å². The highest BCUT2D eigenvalue weighted by atomic mass is 35.5. The highest BCUT2D eigenvalue weighted by molar-refractivity contribution is 7.98. The van der Waals surface area contributed by atoms with Crippen LogP contribution in [-0.4, -0.2) is 26.4 Å². The van der Waals surface area contributed by atoms with Gasteiger partial charge in [0.25, 0.3) is 5.56 Å². The number of benzene rings is 2. The van der Waals surface area contributed by atoms with Crippen LogP contribution in [0.4, 0.5) is 4.39 Å². The van der Waals surface area contributed by atoms with Crippen LogP contribution in [0, 0.1) is 12.7 Å². The van der Waals surface area contributed by atoms with Crippen molar-refractivity contribution in [3.63, 3.8) is 0 Å². The lowest BCUT2D eigenvalue weighted by Gasteiger charge is -2.14. The molecule has 2 heterocycles. The van der Waals surface area contributed by atoms with E-state index < -0.39 is 0 Å². The Morgan fingerprint density at radius 3 is 2.59 bits per heavy atom. The topological polar surface area (TPSA) is 61.9 Å². The van der Waals surface area contributed by atoms with E-state index in [1.807, 2.05) is 38.1 Å². The number of hydrogen-bond acceptors (Lipinski definition) is 5. The van der Waals surface area contributed by atoms with E-state index in [9.17, 15) is 9.18 Å². The maximum absolute atomic E-state index is 14.3. The van der Waals surface area contributed by atoms with E-state index in [1.165, 1.54) is 17.8 Å². The van der Waals surface area contributed by atoms with Crippen LogP contribution in [0.25, 0.3) is 11.0 Å². The molecule has 4 aromatic rings. The Kier molecular flexibility index (Phi) is 6.53. The van der Waals surface area contributed by atoms with Crippen molar-refractivity contribution in [1.82, 2.24) is 19.3 Å². The maximum Gasteiger partial charge on any atom is 0.280 e. The fourth-order valence-corrected chi connectivity index (χ4v) is 4.82. The van der Waals surface area contributed by atoms with Crippen molar-refractivity contribution in [2.24, 2.45) is 0 Å². The molecule has 0 atom stereocenters. The van der Waals surface area contributed by atoms with Crippen LogP contribution in [0.3, 0.4) is 0 Å². The second kappa shape index (κ2) is 9.34. The molecule has 4 rings (SSSR count). The molecule has 0 saturated heterocycles. The van der Waals surface area contributed by atoms with Crippen molar-refractivity contribution >= 4 is 34.4 Å². The van der Waals surface area contributed by atoms with Gasteiger partial charge in [0, 0.05) is 22.9 Å². The molecule has 2 aromatic heterocycles. The Bertz CT molecular complexity index is 1310. The minimum Gasteiger partial charge on any atom is -0.497 e. The van der Waals surface area contributed by atoms with E-state index in [1.54, 1.807) is 28.5 Å². The molecule has 0 radical (unpaired) electrons. The minimum absolute atomic E-state index is 0.185. The third kappa shape index (κ3) is 4.25. The molecule has 0 bridgehead atoms. The molecule has 6 nitrogen and oxygen atoms in total. The van der Waals surface area contributed by atoms with Gasteiger partial charge in [-0.1, -0.05) is 41.6 Å². The Morgan fingerprint density at radius 1 is 1.19 bits per heavy atom. The van der Waals surface area contributed by atoms with Crippen molar-refractivity contribution < 1.29 is 9.13 Å². The number of ether oxygens (including phenoxy) is 1. The quantitative estimate of drug-likeness (QED) is 0.278. The average molecular weight is 473 g/mol. The summed E-state index contributed by atoms with van der Waals surface area (Å²) < 4.78 is 22.8. The van der Waals surface area contributed by atoms with E-state index in [2.05, 4.69) is 5.10 Å². The van der Waals surface area contributed by atoms with Crippen LogP contribution in [0.15, 0.2) is 52.4 Å². The number of rotatable bonds is 7. The highest BCUT2D eigenvalue weighted by Crippen LogP contribution is 2.29. The largest absolute Gasteiger partial charge is 0.497 e. The van der Waals surface area contributed by atoms with Gasteiger partial charge in [0.05, 0.1) is 19.3 Å². The summed E-state index contributed by atoms with van der Waals surface area (Å²) in [6, 6.07) is 12.1. The molecular formula is C23H22ClFN4O2S. The van der Waals surface area contributed by atoms with Crippen LogP contribution in [0.1, 0.15) is 23.7 Å². The van der Waals surface area contributed by atoms with Crippen molar-refractivity contribution in [2.75, 3.05) is 7.11 Å².